The normalized spacial score (nSPS) is 17.9. The summed E-state index contributed by atoms with van der Waals surface area (Å²) in [6.45, 7) is 1.97. The summed E-state index contributed by atoms with van der Waals surface area (Å²) in [7, 11) is 3.13. The van der Waals surface area contributed by atoms with Gasteiger partial charge in [0.15, 0.2) is 0 Å². The van der Waals surface area contributed by atoms with Gasteiger partial charge in [0.05, 0.1) is 19.8 Å². The number of rotatable bonds is 3. The van der Waals surface area contributed by atoms with E-state index in [2.05, 4.69) is 0 Å². The molecular formula is C12H14O4. The fourth-order valence-electron chi connectivity index (χ4n) is 1.93. The smallest absolute Gasteiger partial charge is 0.339 e. The molecule has 1 aromatic rings. The Morgan fingerprint density at radius 1 is 1.31 bits per heavy atom. The number of fused-ring (bicyclic) bond motifs is 1. The molecule has 4 heteroatoms. The number of esters is 1. The predicted molar refractivity (Wildman–Crippen MR) is 58.0 cm³/mol. The lowest BCUT2D eigenvalue weighted by Crippen LogP contribution is -1.98. The van der Waals surface area contributed by atoms with Crippen LogP contribution in [0.5, 0.6) is 11.5 Å². The third kappa shape index (κ3) is 1.50. The van der Waals surface area contributed by atoms with Gasteiger partial charge >= 0.3 is 5.97 Å². The van der Waals surface area contributed by atoms with E-state index in [4.69, 9.17) is 14.2 Å². The molecule has 1 aliphatic rings. The fourth-order valence-corrected chi connectivity index (χ4v) is 1.93. The average molecular weight is 222 g/mol. The van der Waals surface area contributed by atoms with Gasteiger partial charge in [-0.15, -0.1) is 0 Å². The molecule has 0 unspecified atom stereocenters. The second kappa shape index (κ2) is 4.04. The zero-order valence-corrected chi connectivity index (χ0v) is 9.57. The number of carbonyl (C=O) groups is 1. The first-order valence-electron chi connectivity index (χ1n) is 5.18. The lowest BCUT2D eigenvalue weighted by Gasteiger charge is -2.12. The van der Waals surface area contributed by atoms with Crippen molar-refractivity contribution >= 4 is 5.97 Å². The van der Waals surface area contributed by atoms with Crippen LogP contribution in [0.3, 0.4) is 0 Å². The molecule has 0 amide bonds. The Bertz CT molecular complexity index is 425. The van der Waals surface area contributed by atoms with Crippen LogP contribution in [0.4, 0.5) is 0 Å². The van der Waals surface area contributed by atoms with E-state index in [1.165, 1.54) is 0 Å². The molecule has 0 aliphatic carbocycles. The van der Waals surface area contributed by atoms with Gasteiger partial charge in [-0.25, -0.2) is 4.79 Å². The maximum absolute atomic E-state index is 11.6. The Morgan fingerprint density at radius 3 is 2.62 bits per heavy atom. The van der Waals surface area contributed by atoms with E-state index in [9.17, 15) is 4.79 Å². The van der Waals surface area contributed by atoms with Gasteiger partial charge in [0, 0.05) is 11.6 Å². The largest absolute Gasteiger partial charge is 0.497 e. The minimum atomic E-state index is -0.306. The Morgan fingerprint density at radius 2 is 2.06 bits per heavy atom. The van der Waals surface area contributed by atoms with Gasteiger partial charge in [0.1, 0.15) is 17.6 Å². The Labute approximate surface area is 94.1 Å². The van der Waals surface area contributed by atoms with Crippen LogP contribution in [0.15, 0.2) is 12.1 Å². The van der Waals surface area contributed by atoms with Gasteiger partial charge in [0.25, 0.3) is 0 Å². The van der Waals surface area contributed by atoms with Gasteiger partial charge in [-0.05, 0) is 12.5 Å². The molecular weight excluding hydrogens is 208 g/mol. The quantitative estimate of drug-likeness (QED) is 0.736. The molecule has 16 heavy (non-hydrogen) atoms. The molecule has 86 valence electrons. The number of methoxy groups -OCH3 is 2. The maximum atomic E-state index is 11.6. The standard InChI is InChI=1S/C12H14O4/c1-4-9-11-8(12(13)16-9)5-7(14-2)6-10(11)15-3/h5-6,9H,4H2,1-3H3/t9-/m0/s1. The molecule has 0 spiro atoms. The first-order chi connectivity index (χ1) is 7.71. The van der Waals surface area contributed by atoms with E-state index in [-0.39, 0.29) is 12.1 Å². The molecule has 1 heterocycles. The monoisotopic (exact) mass is 222 g/mol. The molecule has 0 saturated heterocycles. The van der Waals surface area contributed by atoms with Crippen molar-refractivity contribution in [3.05, 3.63) is 23.3 Å². The van der Waals surface area contributed by atoms with Crippen molar-refractivity contribution in [1.82, 2.24) is 0 Å². The Hall–Kier alpha value is -1.71. The van der Waals surface area contributed by atoms with Crippen molar-refractivity contribution in [1.29, 1.82) is 0 Å². The van der Waals surface area contributed by atoms with E-state index in [0.29, 0.717) is 17.1 Å². The molecule has 0 fully saturated rings. The number of benzene rings is 1. The van der Waals surface area contributed by atoms with Crippen LogP contribution in [0.2, 0.25) is 0 Å². The maximum Gasteiger partial charge on any atom is 0.339 e. The molecule has 0 aromatic heterocycles. The predicted octanol–water partition coefficient (Wildman–Crippen LogP) is 2.33. The summed E-state index contributed by atoms with van der Waals surface area (Å²) in [5, 5.41) is 0. The molecule has 0 saturated carbocycles. The van der Waals surface area contributed by atoms with Crippen molar-refractivity contribution in [2.75, 3.05) is 14.2 Å². The Kier molecular flexibility index (Phi) is 2.73. The van der Waals surface area contributed by atoms with Gasteiger partial charge < -0.3 is 14.2 Å². The minimum Gasteiger partial charge on any atom is -0.497 e. The van der Waals surface area contributed by atoms with Crippen molar-refractivity contribution < 1.29 is 19.0 Å². The highest BCUT2D eigenvalue weighted by Gasteiger charge is 2.33. The van der Waals surface area contributed by atoms with E-state index in [1.54, 1.807) is 26.4 Å². The van der Waals surface area contributed by atoms with Gasteiger partial charge in [-0.1, -0.05) is 6.92 Å². The van der Waals surface area contributed by atoms with E-state index in [0.717, 1.165) is 12.0 Å². The number of carbonyl (C=O) groups excluding carboxylic acids is 1. The first-order valence-corrected chi connectivity index (χ1v) is 5.18. The molecule has 0 N–H and O–H groups in total. The molecule has 1 atom stereocenters. The average Bonchev–Trinajstić information content (AvgIpc) is 2.65. The van der Waals surface area contributed by atoms with Crippen LogP contribution in [0.25, 0.3) is 0 Å². The fraction of sp³-hybridized carbons (Fsp3) is 0.417. The van der Waals surface area contributed by atoms with Crippen LogP contribution in [0, 0.1) is 0 Å². The summed E-state index contributed by atoms with van der Waals surface area (Å²) in [5.74, 6) is 0.940. The van der Waals surface area contributed by atoms with Crippen molar-refractivity contribution in [3.8, 4) is 11.5 Å². The second-order valence-corrected chi connectivity index (χ2v) is 3.59. The summed E-state index contributed by atoms with van der Waals surface area (Å²) in [6, 6.07) is 3.46. The zero-order valence-electron chi connectivity index (χ0n) is 9.57. The van der Waals surface area contributed by atoms with Crippen molar-refractivity contribution in [2.24, 2.45) is 0 Å². The van der Waals surface area contributed by atoms with E-state index >= 15 is 0 Å². The lowest BCUT2D eigenvalue weighted by atomic mass is 10.0. The van der Waals surface area contributed by atoms with Gasteiger partial charge in [0.2, 0.25) is 0 Å². The van der Waals surface area contributed by atoms with Crippen LogP contribution in [-0.4, -0.2) is 20.2 Å². The third-order valence-electron chi connectivity index (χ3n) is 2.73. The SMILES string of the molecule is CC[C@@H]1OC(=O)c2cc(OC)cc(OC)c21. The molecule has 1 aliphatic heterocycles. The van der Waals surface area contributed by atoms with Crippen LogP contribution >= 0.6 is 0 Å². The summed E-state index contributed by atoms with van der Waals surface area (Å²) in [5.41, 5.74) is 1.37. The zero-order chi connectivity index (χ0) is 11.7. The molecule has 0 radical (unpaired) electrons. The van der Waals surface area contributed by atoms with Crippen molar-refractivity contribution in [3.63, 3.8) is 0 Å². The lowest BCUT2D eigenvalue weighted by molar-refractivity contribution is 0.0376. The van der Waals surface area contributed by atoms with Gasteiger partial charge in [-0.3, -0.25) is 0 Å². The molecule has 0 bridgehead atoms. The topological polar surface area (TPSA) is 44.8 Å². The second-order valence-electron chi connectivity index (χ2n) is 3.59. The van der Waals surface area contributed by atoms with Crippen LogP contribution in [-0.2, 0) is 4.74 Å². The number of hydrogen-bond donors (Lipinski definition) is 0. The van der Waals surface area contributed by atoms with E-state index in [1.807, 2.05) is 6.92 Å². The summed E-state index contributed by atoms with van der Waals surface area (Å²) >= 11 is 0. The highest BCUT2D eigenvalue weighted by molar-refractivity contribution is 5.95. The highest BCUT2D eigenvalue weighted by Crippen LogP contribution is 2.41. The summed E-state index contributed by atoms with van der Waals surface area (Å²) in [6.07, 6.45) is 0.532. The minimum absolute atomic E-state index is 0.205. The van der Waals surface area contributed by atoms with Crippen LogP contribution in [0.1, 0.15) is 35.4 Å². The summed E-state index contributed by atoms with van der Waals surface area (Å²) < 4.78 is 15.6. The number of ether oxygens (including phenoxy) is 3. The number of hydrogen-bond acceptors (Lipinski definition) is 4. The van der Waals surface area contributed by atoms with E-state index < -0.39 is 0 Å². The first kappa shape index (κ1) is 10.8. The van der Waals surface area contributed by atoms with Crippen LogP contribution < -0.4 is 9.47 Å². The number of cyclic esters (lactones) is 1. The molecule has 1 aromatic carbocycles. The Balaban J connectivity index is 2.59. The third-order valence-corrected chi connectivity index (χ3v) is 2.73. The van der Waals surface area contributed by atoms with Crippen molar-refractivity contribution in [2.45, 2.75) is 19.4 Å². The summed E-state index contributed by atoms with van der Waals surface area (Å²) in [4.78, 5) is 11.6. The van der Waals surface area contributed by atoms with Gasteiger partial charge in [-0.2, -0.15) is 0 Å². The molecule has 4 nitrogen and oxygen atoms in total. The highest BCUT2D eigenvalue weighted by atomic mass is 16.6. The molecule has 2 rings (SSSR count).